The first-order chi connectivity index (χ1) is 7.31. The number of aromatic nitrogens is 1. The van der Waals surface area contributed by atoms with E-state index in [2.05, 4.69) is 28.8 Å². The molecule has 2 rings (SSSR count). The van der Waals surface area contributed by atoms with Gasteiger partial charge in [0.25, 0.3) is 0 Å². The Bertz CT molecular complexity index is 394. The van der Waals surface area contributed by atoms with E-state index in [9.17, 15) is 5.11 Å². The molecule has 1 aliphatic carbocycles. The van der Waals surface area contributed by atoms with E-state index in [0.29, 0.717) is 0 Å². The van der Waals surface area contributed by atoms with E-state index in [4.69, 9.17) is 0 Å². The summed E-state index contributed by atoms with van der Waals surface area (Å²) in [5.41, 5.74) is 2.42. The second kappa shape index (κ2) is 4.55. The largest absolute Gasteiger partial charge is 0.388 e. The molecule has 2 nitrogen and oxygen atoms in total. The van der Waals surface area contributed by atoms with Gasteiger partial charge in [-0.2, -0.15) is 0 Å². The maximum absolute atomic E-state index is 9.93. The molecule has 1 aliphatic rings. The molecule has 1 aromatic rings. The summed E-state index contributed by atoms with van der Waals surface area (Å²) in [6, 6.07) is 0. The highest BCUT2D eigenvalue weighted by Gasteiger charge is 2.17. The Morgan fingerprint density at radius 1 is 1.47 bits per heavy atom. The molecule has 2 heteroatoms. The van der Waals surface area contributed by atoms with E-state index >= 15 is 0 Å². The monoisotopic (exact) mass is 203 g/mol. The van der Waals surface area contributed by atoms with Crippen LogP contribution in [-0.2, 0) is 13.0 Å². The maximum atomic E-state index is 9.93. The number of nitrogens with zero attached hydrogens (tertiary/aromatic N) is 1. The van der Waals surface area contributed by atoms with E-state index in [0.717, 1.165) is 31.4 Å². The average Bonchev–Trinajstić information content (AvgIpc) is 2.57. The molecule has 0 aliphatic heterocycles. The van der Waals surface area contributed by atoms with Crippen LogP contribution in [0.15, 0.2) is 12.4 Å². The minimum Gasteiger partial charge on any atom is -0.388 e. The molecule has 80 valence electrons. The Labute approximate surface area is 90.9 Å². The second-order valence-electron chi connectivity index (χ2n) is 4.10. The summed E-state index contributed by atoms with van der Waals surface area (Å²) < 4.78 is 2.08. The smallest absolute Gasteiger partial charge is 0.0831 e. The fraction of sp³-hybridized carbons (Fsp3) is 0.538. The molecule has 1 aromatic heterocycles. The van der Waals surface area contributed by atoms with Crippen LogP contribution in [0.2, 0.25) is 0 Å². The van der Waals surface area contributed by atoms with Gasteiger partial charge in [0.05, 0.1) is 12.6 Å². The summed E-state index contributed by atoms with van der Waals surface area (Å²) in [5.74, 6) is 5.92. The van der Waals surface area contributed by atoms with Crippen molar-refractivity contribution in [3.63, 3.8) is 0 Å². The van der Waals surface area contributed by atoms with E-state index in [1.165, 1.54) is 12.0 Å². The number of aryl methyl sites for hydroxylation is 1. The van der Waals surface area contributed by atoms with E-state index in [1.54, 1.807) is 0 Å². The lowest BCUT2D eigenvalue weighted by molar-refractivity contribution is 0.166. The molecule has 1 atom stereocenters. The van der Waals surface area contributed by atoms with Crippen molar-refractivity contribution in [1.82, 2.24) is 4.57 Å². The lowest BCUT2D eigenvalue weighted by Crippen LogP contribution is -1.96. The van der Waals surface area contributed by atoms with Crippen LogP contribution in [0.25, 0.3) is 0 Å². The van der Waals surface area contributed by atoms with Crippen molar-refractivity contribution in [2.75, 3.05) is 0 Å². The molecule has 0 spiro atoms. The first-order valence-electron chi connectivity index (χ1n) is 5.57. The number of fused-ring (bicyclic) bond motifs is 1. The van der Waals surface area contributed by atoms with Gasteiger partial charge in [-0.3, -0.25) is 0 Å². The normalized spacial score (nSPS) is 20.0. The molecule has 0 fully saturated rings. The Morgan fingerprint density at radius 3 is 3.13 bits per heavy atom. The van der Waals surface area contributed by atoms with Crippen LogP contribution < -0.4 is 0 Å². The number of hydrogen-bond acceptors (Lipinski definition) is 1. The second-order valence-corrected chi connectivity index (χ2v) is 4.10. The van der Waals surface area contributed by atoms with Crippen LogP contribution in [0.4, 0.5) is 0 Å². The maximum Gasteiger partial charge on any atom is 0.0831 e. The Hall–Kier alpha value is -1.20. The van der Waals surface area contributed by atoms with Crippen molar-refractivity contribution in [2.45, 2.75) is 45.3 Å². The first-order valence-corrected chi connectivity index (χ1v) is 5.57. The summed E-state index contributed by atoms with van der Waals surface area (Å²) in [4.78, 5) is 0. The van der Waals surface area contributed by atoms with Crippen molar-refractivity contribution in [1.29, 1.82) is 0 Å². The van der Waals surface area contributed by atoms with Crippen LogP contribution in [0.1, 0.15) is 43.4 Å². The number of hydrogen-bond donors (Lipinski definition) is 1. The summed E-state index contributed by atoms with van der Waals surface area (Å²) in [6.45, 7) is 2.58. The molecule has 0 aromatic carbocycles. The Kier molecular flexibility index (Phi) is 3.13. The van der Waals surface area contributed by atoms with Gasteiger partial charge < -0.3 is 9.67 Å². The topological polar surface area (TPSA) is 25.2 Å². The van der Waals surface area contributed by atoms with Crippen molar-refractivity contribution < 1.29 is 5.11 Å². The quantitative estimate of drug-likeness (QED) is 0.549. The van der Waals surface area contributed by atoms with Gasteiger partial charge in [-0.15, -0.1) is 5.92 Å². The van der Waals surface area contributed by atoms with Gasteiger partial charge in [-0.25, -0.2) is 0 Å². The number of aliphatic hydroxyl groups excluding tert-OH is 1. The number of aliphatic hydroxyl groups is 1. The lowest BCUT2D eigenvalue weighted by atomic mass is 10.1. The summed E-state index contributed by atoms with van der Waals surface area (Å²) >= 11 is 0. The SMILES string of the molecule is CC#CCn1cc2c(c1)C(O)CCCC2. The van der Waals surface area contributed by atoms with Crippen LogP contribution in [-0.4, -0.2) is 9.67 Å². The highest BCUT2D eigenvalue weighted by atomic mass is 16.3. The van der Waals surface area contributed by atoms with Gasteiger partial charge in [0.15, 0.2) is 0 Å². The van der Waals surface area contributed by atoms with Crippen LogP contribution in [0.5, 0.6) is 0 Å². The minimum atomic E-state index is -0.265. The van der Waals surface area contributed by atoms with Gasteiger partial charge >= 0.3 is 0 Å². The first kappa shape index (κ1) is 10.3. The van der Waals surface area contributed by atoms with E-state index < -0.39 is 0 Å². The molecular weight excluding hydrogens is 186 g/mol. The predicted molar refractivity (Wildman–Crippen MR) is 60.4 cm³/mol. The molecule has 1 heterocycles. The fourth-order valence-corrected chi connectivity index (χ4v) is 2.15. The van der Waals surface area contributed by atoms with E-state index in [1.807, 2.05) is 6.92 Å². The van der Waals surface area contributed by atoms with Crippen molar-refractivity contribution in [3.05, 3.63) is 23.5 Å². The zero-order valence-corrected chi connectivity index (χ0v) is 9.16. The van der Waals surface area contributed by atoms with Crippen molar-refractivity contribution in [2.24, 2.45) is 0 Å². The highest BCUT2D eigenvalue weighted by Crippen LogP contribution is 2.28. The standard InChI is InChI=1S/C13H17NO/c1-2-3-8-14-9-11-6-4-5-7-13(15)12(11)10-14/h9-10,13,15H,4-8H2,1H3. The van der Waals surface area contributed by atoms with Gasteiger partial charge in [0.1, 0.15) is 0 Å². The van der Waals surface area contributed by atoms with Crippen LogP contribution in [0.3, 0.4) is 0 Å². The predicted octanol–water partition coefficient (Wildman–Crippen LogP) is 2.27. The van der Waals surface area contributed by atoms with Crippen molar-refractivity contribution >= 4 is 0 Å². The molecule has 1 N–H and O–H groups in total. The van der Waals surface area contributed by atoms with Gasteiger partial charge in [0, 0.05) is 18.0 Å². The Balaban J connectivity index is 2.24. The molecular formula is C13H17NO. The third kappa shape index (κ3) is 2.24. The summed E-state index contributed by atoms with van der Waals surface area (Å²) in [7, 11) is 0. The molecule has 0 saturated carbocycles. The molecule has 0 saturated heterocycles. The molecule has 15 heavy (non-hydrogen) atoms. The third-order valence-corrected chi connectivity index (χ3v) is 2.97. The number of rotatable bonds is 1. The average molecular weight is 203 g/mol. The lowest BCUT2D eigenvalue weighted by Gasteiger charge is -2.05. The summed E-state index contributed by atoms with van der Waals surface area (Å²) in [5, 5.41) is 9.93. The molecule has 0 amide bonds. The highest BCUT2D eigenvalue weighted by molar-refractivity contribution is 5.28. The minimum absolute atomic E-state index is 0.265. The van der Waals surface area contributed by atoms with Crippen LogP contribution >= 0.6 is 0 Å². The van der Waals surface area contributed by atoms with Gasteiger partial charge in [-0.05, 0) is 31.7 Å². The third-order valence-electron chi connectivity index (χ3n) is 2.97. The molecule has 1 unspecified atom stereocenters. The van der Waals surface area contributed by atoms with Crippen molar-refractivity contribution in [3.8, 4) is 11.8 Å². The van der Waals surface area contributed by atoms with Gasteiger partial charge in [0.2, 0.25) is 0 Å². The molecule has 0 bridgehead atoms. The fourth-order valence-electron chi connectivity index (χ4n) is 2.15. The zero-order valence-electron chi connectivity index (χ0n) is 9.16. The summed E-state index contributed by atoms with van der Waals surface area (Å²) in [6.07, 6.45) is 8.23. The molecule has 0 radical (unpaired) electrons. The van der Waals surface area contributed by atoms with Gasteiger partial charge in [-0.1, -0.05) is 12.3 Å². The van der Waals surface area contributed by atoms with Crippen LogP contribution in [0, 0.1) is 11.8 Å². The zero-order chi connectivity index (χ0) is 10.7. The van der Waals surface area contributed by atoms with E-state index in [-0.39, 0.29) is 6.10 Å². The Morgan fingerprint density at radius 2 is 2.33 bits per heavy atom.